The van der Waals surface area contributed by atoms with Crippen LogP contribution in [0.25, 0.3) is 0 Å². The lowest BCUT2D eigenvalue weighted by atomic mass is 10.1. The molecule has 1 aliphatic heterocycles. The number of carbonyl (C=O) groups excluding carboxylic acids is 1. The maximum atomic E-state index is 12.5. The van der Waals surface area contributed by atoms with Crippen LogP contribution >= 0.6 is 0 Å². The van der Waals surface area contributed by atoms with Crippen LogP contribution in [0, 0.1) is 0 Å². The molecule has 1 aliphatic rings. The van der Waals surface area contributed by atoms with Gasteiger partial charge in [0.05, 0.1) is 4.90 Å². The van der Waals surface area contributed by atoms with Gasteiger partial charge < -0.3 is 10.2 Å². The summed E-state index contributed by atoms with van der Waals surface area (Å²) in [5, 5.41) is 2.71. The quantitative estimate of drug-likeness (QED) is 0.691. The van der Waals surface area contributed by atoms with Gasteiger partial charge in [-0.15, -0.1) is 0 Å². The molecule has 0 spiro atoms. The third-order valence-electron chi connectivity index (χ3n) is 5.13. The Balaban J connectivity index is 1.51. The highest BCUT2D eigenvalue weighted by molar-refractivity contribution is 7.89. The van der Waals surface area contributed by atoms with Gasteiger partial charge in [0.25, 0.3) is 0 Å². The van der Waals surface area contributed by atoms with Crippen LogP contribution in [0.3, 0.4) is 0 Å². The van der Waals surface area contributed by atoms with Gasteiger partial charge in [-0.2, -0.15) is 0 Å². The molecule has 156 valence electrons. The number of hydrogen-bond donors (Lipinski definition) is 2. The second-order valence-electron chi connectivity index (χ2n) is 7.29. The molecule has 29 heavy (non-hydrogen) atoms. The van der Waals surface area contributed by atoms with Crippen molar-refractivity contribution >= 4 is 27.3 Å². The third kappa shape index (κ3) is 6.05. The Morgan fingerprint density at radius 3 is 2.24 bits per heavy atom. The van der Waals surface area contributed by atoms with E-state index in [1.54, 1.807) is 19.1 Å². The number of rotatable bonds is 8. The molecule has 2 N–H and O–H groups in total. The molecule has 0 saturated carbocycles. The van der Waals surface area contributed by atoms with Gasteiger partial charge in [0.2, 0.25) is 15.9 Å². The minimum absolute atomic E-state index is 0.106. The zero-order valence-corrected chi connectivity index (χ0v) is 17.7. The van der Waals surface area contributed by atoms with E-state index in [-0.39, 0.29) is 10.8 Å². The van der Waals surface area contributed by atoms with Crippen molar-refractivity contribution in [3.63, 3.8) is 0 Å². The van der Waals surface area contributed by atoms with Gasteiger partial charge in [-0.05, 0) is 67.6 Å². The number of hydrogen-bond acceptors (Lipinski definition) is 4. The van der Waals surface area contributed by atoms with Crippen LogP contribution in [0.1, 0.15) is 38.2 Å². The van der Waals surface area contributed by atoms with E-state index < -0.39 is 10.0 Å². The molecule has 0 bridgehead atoms. The molecule has 7 heteroatoms. The van der Waals surface area contributed by atoms with E-state index in [4.69, 9.17) is 0 Å². The van der Waals surface area contributed by atoms with Gasteiger partial charge in [-0.3, -0.25) is 4.79 Å². The van der Waals surface area contributed by atoms with Crippen LogP contribution in [0.15, 0.2) is 53.4 Å². The first-order chi connectivity index (χ1) is 14.0. The molecular weight excluding hydrogens is 386 g/mol. The van der Waals surface area contributed by atoms with Crippen molar-refractivity contribution in [1.29, 1.82) is 0 Å². The van der Waals surface area contributed by atoms with Crippen molar-refractivity contribution in [2.24, 2.45) is 0 Å². The third-order valence-corrected chi connectivity index (χ3v) is 6.61. The first-order valence-electron chi connectivity index (χ1n) is 10.2. The summed E-state index contributed by atoms with van der Waals surface area (Å²) in [4.78, 5) is 14.0. The normalized spacial score (nSPS) is 14.6. The molecule has 2 aromatic carbocycles. The van der Waals surface area contributed by atoms with Crippen molar-refractivity contribution in [1.82, 2.24) is 4.72 Å². The molecule has 1 fully saturated rings. The number of piperidine rings is 1. The van der Waals surface area contributed by atoms with Gasteiger partial charge in [0, 0.05) is 37.4 Å². The number of carbonyl (C=O) groups is 1. The number of nitrogens with zero attached hydrogens (tertiary/aromatic N) is 1. The highest BCUT2D eigenvalue weighted by atomic mass is 32.2. The topological polar surface area (TPSA) is 78.5 Å². The molecule has 1 amide bonds. The van der Waals surface area contributed by atoms with E-state index in [0.29, 0.717) is 25.1 Å². The molecule has 3 rings (SSSR count). The van der Waals surface area contributed by atoms with Crippen LogP contribution in [-0.4, -0.2) is 34.0 Å². The average Bonchev–Trinajstić information content (AvgIpc) is 2.75. The van der Waals surface area contributed by atoms with Crippen molar-refractivity contribution in [3.8, 4) is 0 Å². The molecule has 0 aromatic heterocycles. The Bertz CT molecular complexity index is 903. The van der Waals surface area contributed by atoms with Crippen molar-refractivity contribution in [2.75, 3.05) is 29.9 Å². The Labute approximate surface area is 173 Å². The molecule has 0 unspecified atom stereocenters. The molecule has 1 saturated heterocycles. The van der Waals surface area contributed by atoms with E-state index >= 15 is 0 Å². The van der Waals surface area contributed by atoms with E-state index in [0.717, 1.165) is 18.7 Å². The molecular formula is C22H29N3O3S. The Kier molecular flexibility index (Phi) is 7.28. The van der Waals surface area contributed by atoms with Crippen LogP contribution in [0.5, 0.6) is 0 Å². The summed E-state index contributed by atoms with van der Waals surface area (Å²) in [6, 6.07) is 14.6. The highest BCUT2D eigenvalue weighted by Crippen LogP contribution is 2.20. The highest BCUT2D eigenvalue weighted by Gasteiger charge is 2.14. The van der Waals surface area contributed by atoms with Crippen LogP contribution < -0.4 is 14.9 Å². The predicted octanol–water partition coefficient (Wildman–Crippen LogP) is 3.55. The van der Waals surface area contributed by atoms with E-state index in [1.807, 2.05) is 0 Å². The fraction of sp³-hybridized carbons (Fsp3) is 0.409. The fourth-order valence-corrected chi connectivity index (χ4v) is 4.44. The summed E-state index contributed by atoms with van der Waals surface area (Å²) >= 11 is 0. The first kappa shape index (κ1) is 21.3. The number of anilines is 2. The maximum Gasteiger partial charge on any atom is 0.240 e. The number of amides is 1. The Morgan fingerprint density at radius 1 is 0.966 bits per heavy atom. The standard InChI is InChI=1S/C22H29N3O3S/c1-2-22(26)24-19-8-12-21(13-9-19)29(27,28)23-15-14-18-6-10-20(11-7-18)25-16-4-3-5-17-25/h6-13,23H,2-5,14-17H2,1H3,(H,24,26). The van der Waals surface area contributed by atoms with Gasteiger partial charge in [0.15, 0.2) is 0 Å². The fourth-order valence-electron chi connectivity index (χ4n) is 3.41. The molecule has 0 atom stereocenters. The largest absolute Gasteiger partial charge is 0.372 e. The van der Waals surface area contributed by atoms with Crippen molar-refractivity contribution in [3.05, 3.63) is 54.1 Å². The van der Waals surface area contributed by atoms with Crippen LogP contribution in [-0.2, 0) is 21.2 Å². The summed E-state index contributed by atoms with van der Waals surface area (Å²) in [6.45, 7) is 4.32. The number of sulfonamides is 1. The predicted molar refractivity (Wildman–Crippen MR) is 117 cm³/mol. The lowest BCUT2D eigenvalue weighted by Crippen LogP contribution is -2.29. The first-order valence-corrected chi connectivity index (χ1v) is 11.7. The Morgan fingerprint density at radius 2 is 1.62 bits per heavy atom. The van der Waals surface area contributed by atoms with Crippen molar-refractivity contribution in [2.45, 2.75) is 43.9 Å². The minimum atomic E-state index is -3.58. The number of benzene rings is 2. The number of nitrogens with one attached hydrogen (secondary N) is 2. The van der Waals surface area contributed by atoms with Gasteiger partial charge in [-0.25, -0.2) is 13.1 Å². The lowest BCUT2D eigenvalue weighted by Gasteiger charge is -2.28. The SMILES string of the molecule is CCC(=O)Nc1ccc(S(=O)(=O)NCCc2ccc(N3CCCCC3)cc2)cc1. The average molecular weight is 416 g/mol. The molecule has 0 radical (unpaired) electrons. The summed E-state index contributed by atoms with van der Waals surface area (Å²) in [5.41, 5.74) is 2.93. The van der Waals surface area contributed by atoms with E-state index in [2.05, 4.69) is 39.2 Å². The monoisotopic (exact) mass is 415 g/mol. The summed E-state index contributed by atoms with van der Waals surface area (Å²) in [5.74, 6) is -0.106. The Hall–Kier alpha value is -2.38. The summed E-state index contributed by atoms with van der Waals surface area (Å²) < 4.78 is 27.6. The van der Waals surface area contributed by atoms with Crippen LogP contribution in [0.4, 0.5) is 11.4 Å². The van der Waals surface area contributed by atoms with E-state index in [1.165, 1.54) is 37.1 Å². The zero-order valence-electron chi connectivity index (χ0n) is 16.9. The molecule has 0 aliphatic carbocycles. The molecule has 1 heterocycles. The minimum Gasteiger partial charge on any atom is -0.372 e. The smallest absolute Gasteiger partial charge is 0.240 e. The van der Waals surface area contributed by atoms with Gasteiger partial charge in [0.1, 0.15) is 0 Å². The molecule has 2 aromatic rings. The summed E-state index contributed by atoms with van der Waals surface area (Å²) in [6.07, 6.45) is 4.81. The molecule has 6 nitrogen and oxygen atoms in total. The second kappa shape index (κ2) is 9.89. The summed E-state index contributed by atoms with van der Waals surface area (Å²) in [7, 11) is -3.58. The zero-order chi connectivity index (χ0) is 20.7. The maximum absolute atomic E-state index is 12.5. The van der Waals surface area contributed by atoms with Crippen molar-refractivity contribution < 1.29 is 13.2 Å². The van der Waals surface area contributed by atoms with Crippen LogP contribution in [0.2, 0.25) is 0 Å². The van der Waals surface area contributed by atoms with E-state index in [9.17, 15) is 13.2 Å². The lowest BCUT2D eigenvalue weighted by molar-refractivity contribution is -0.115. The van der Waals surface area contributed by atoms with Gasteiger partial charge >= 0.3 is 0 Å². The second-order valence-corrected chi connectivity index (χ2v) is 9.05. The van der Waals surface area contributed by atoms with Gasteiger partial charge in [-0.1, -0.05) is 19.1 Å².